The molecule has 1 rings (SSSR count). The van der Waals surface area contributed by atoms with E-state index in [4.69, 9.17) is 4.74 Å². The molecule has 102 valence electrons. The van der Waals surface area contributed by atoms with Gasteiger partial charge in [-0.1, -0.05) is 28.1 Å². The molecule has 0 aromatic heterocycles. The average Bonchev–Trinajstić information content (AvgIpc) is 2.26. The van der Waals surface area contributed by atoms with Crippen molar-refractivity contribution >= 4 is 26.0 Å². The fraction of sp³-hybridized carbons (Fsp3) is 0.500. The molecule has 6 heteroatoms. The summed E-state index contributed by atoms with van der Waals surface area (Å²) in [5, 5.41) is 0. The van der Waals surface area contributed by atoms with E-state index >= 15 is 0 Å². The molecular formula is C12H18BrNO3S. The summed E-state index contributed by atoms with van der Waals surface area (Å²) in [6.07, 6.45) is 0.0466. The zero-order valence-corrected chi connectivity index (χ0v) is 12.9. The van der Waals surface area contributed by atoms with Gasteiger partial charge in [0, 0.05) is 11.0 Å². The predicted octanol–water partition coefficient (Wildman–Crippen LogP) is 2.29. The van der Waals surface area contributed by atoms with Crippen molar-refractivity contribution in [2.24, 2.45) is 0 Å². The Kier molecular flexibility index (Phi) is 6.28. The molecule has 1 aromatic carbocycles. The maximum absolute atomic E-state index is 11.7. The van der Waals surface area contributed by atoms with Gasteiger partial charge < -0.3 is 4.74 Å². The number of rotatable bonds is 7. The molecule has 0 radical (unpaired) electrons. The molecule has 18 heavy (non-hydrogen) atoms. The van der Waals surface area contributed by atoms with Crippen LogP contribution >= 0.6 is 15.9 Å². The van der Waals surface area contributed by atoms with E-state index in [0.717, 1.165) is 10.0 Å². The Hall–Kier alpha value is -0.430. The first-order chi connectivity index (χ1) is 8.39. The number of halogens is 1. The number of ether oxygens (including phenoxy) is 1. The zero-order valence-electron chi connectivity index (χ0n) is 10.5. The van der Waals surface area contributed by atoms with Crippen molar-refractivity contribution in [2.45, 2.75) is 26.5 Å². The normalized spacial score (nSPS) is 12.0. The molecule has 0 atom stereocenters. The molecule has 0 spiro atoms. The molecule has 4 nitrogen and oxygen atoms in total. The van der Waals surface area contributed by atoms with Gasteiger partial charge in [0.1, 0.15) is 0 Å². The van der Waals surface area contributed by atoms with E-state index in [0.29, 0.717) is 6.54 Å². The predicted molar refractivity (Wildman–Crippen MR) is 75.9 cm³/mol. The number of hydrogen-bond acceptors (Lipinski definition) is 3. The highest BCUT2D eigenvalue weighted by atomic mass is 79.9. The van der Waals surface area contributed by atoms with Crippen LogP contribution in [-0.2, 0) is 21.3 Å². The monoisotopic (exact) mass is 335 g/mol. The molecule has 0 heterocycles. The van der Waals surface area contributed by atoms with Crippen LogP contribution in [0.15, 0.2) is 28.7 Å². The maximum Gasteiger partial charge on any atom is 0.214 e. The zero-order chi connectivity index (χ0) is 13.6. The molecule has 0 fully saturated rings. The van der Waals surface area contributed by atoms with E-state index in [2.05, 4.69) is 20.7 Å². The van der Waals surface area contributed by atoms with E-state index in [1.54, 1.807) is 0 Å². The van der Waals surface area contributed by atoms with Crippen LogP contribution in [0.1, 0.15) is 19.4 Å². The van der Waals surface area contributed by atoms with Crippen molar-refractivity contribution < 1.29 is 13.2 Å². The lowest BCUT2D eigenvalue weighted by atomic mass is 10.2. The van der Waals surface area contributed by atoms with Crippen LogP contribution in [0.4, 0.5) is 0 Å². The second-order valence-electron chi connectivity index (χ2n) is 4.19. The Morgan fingerprint density at radius 2 is 2.11 bits per heavy atom. The Morgan fingerprint density at radius 3 is 2.72 bits per heavy atom. The fourth-order valence-electron chi connectivity index (χ4n) is 1.31. The van der Waals surface area contributed by atoms with Crippen LogP contribution in [0, 0.1) is 0 Å². The third-order valence-electron chi connectivity index (χ3n) is 2.19. The average molecular weight is 336 g/mol. The van der Waals surface area contributed by atoms with Gasteiger partial charge in [-0.05, 0) is 31.5 Å². The summed E-state index contributed by atoms with van der Waals surface area (Å²) in [6.45, 7) is 4.26. The molecular weight excluding hydrogens is 318 g/mol. The smallest absolute Gasteiger partial charge is 0.214 e. The van der Waals surface area contributed by atoms with Crippen LogP contribution in [0.25, 0.3) is 0 Å². The van der Waals surface area contributed by atoms with E-state index in [1.165, 1.54) is 0 Å². The van der Waals surface area contributed by atoms with Gasteiger partial charge in [-0.15, -0.1) is 0 Å². The summed E-state index contributed by atoms with van der Waals surface area (Å²) in [5.74, 6) is -0.0147. The SMILES string of the molecule is CC(C)OCCS(=O)(=O)NCc1cccc(Br)c1. The van der Waals surface area contributed by atoms with Gasteiger partial charge in [0.2, 0.25) is 10.0 Å². The van der Waals surface area contributed by atoms with Gasteiger partial charge in [0.05, 0.1) is 18.5 Å². The lowest BCUT2D eigenvalue weighted by molar-refractivity contribution is 0.0911. The number of benzene rings is 1. The van der Waals surface area contributed by atoms with Crippen molar-refractivity contribution in [2.75, 3.05) is 12.4 Å². The molecule has 0 aliphatic carbocycles. The van der Waals surface area contributed by atoms with Gasteiger partial charge in [-0.25, -0.2) is 13.1 Å². The Morgan fingerprint density at radius 1 is 1.39 bits per heavy atom. The molecule has 0 bridgehead atoms. The minimum atomic E-state index is -3.28. The standard InChI is InChI=1S/C12H18BrNO3S/c1-10(2)17-6-7-18(15,16)14-9-11-4-3-5-12(13)8-11/h3-5,8,10,14H,6-7,9H2,1-2H3. The molecule has 1 aromatic rings. The second kappa shape index (κ2) is 7.23. The molecule has 0 amide bonds. The van der Waals surface area contributed by atoms with Crippen molar-refractivity contribution in [3.8, 4) is 0 Å². The van der Waals surface area contributed by atoms with Gasteiger partial charge in [0.15, 0.2) is 0 Å². The first kappa shape index (κ1) is 15.6. The minimum absolute atomic E-state index is 0.0147. The summed E-state index contributed by atoms with van der Waals surface area (Å²) in [4.78, 5) is 0. The summed E-state index contributed by atoms with van der Waals surface area (Å²) in [5.41, 5.74) is 0.915. The highest BCUT2D eigenvalue weighted by molar-refractivity contribution is 9.10. The molecule has 0 aliphatic rings. The summed E-state index contributed by atoms with van der Waals surface area (Å²) in [6, 6.07) is 7.52. The Balaban J connectivity index is 2.42. The largest absolute Gasteiger partial charge is 0.378 e. The van der Waals surface area contributed by atoms with Gasteiger partial charge in [-0.2, -0.15) is 0 Å². The number of nitrogens with one attached hydrogen (secondary N) is 1. The van der Waals surface area contributed by atoms with E-state index in [9.17, 15) is 8.42 Å². The Bertz CT molecular complexity index is 474. The van der Waals surface area contributed by atoms with Crippen molar-refractivity contribution in [3.63, 3.8) is 0 Å². The van der Waals surface area contributed by atoms with Crippen molar-refractivity contribution in [1.29, 1.82) is 0 Å². The summed E-state index contributed by atoms with van der Waals surface area (Å²) in [7, 11) is -3.28. The first-order valence-electron chi connectivity index (χ1n) is 5.72. The summed E-state index contributed by atoms with van der Waals surface area (Å²) < 4.78 is 32.0. The van der Waals surface area contributed by atoms with E-state index in [1.807, 2.05) is 38.1 Å². The third-order valence-corrected chi connectivity index (χ3v) is 3.97. The van der Waals surface area contributed by atoms with Gasteiger partial charge in [-0.3, -0.25) is 0 Å². The second-order valence-corrected chi connectivity index (χ2v) is 7.03. The van der Waals surface area contributed by atoms with Crippen molar-refractivity contribution in [1.82, 2.24) is 4.72 Å². The quantitative estimate of drug-likeness (QED) is 0.831. The Labute approximate surface area is 117 Å². The van der Waals surface area contributed by atoms with Gasteiger partial charge in [0.25, 0.3) is 0 Å². The van der Waals surface area contributed by atoms with Gasteiger partial charge >= 0.3 is 0 Å². The molecule has 0 aliphatic heterocycles. The number of sulfonamides is 1. The highest BCUT2D eigenvalue weighted by Crippen LogP contribution is 2.11. The fourth-order valence-corrected chi connectivity index (χ4v) is 2.60. The minimum Gasteiger partial charge on any atom is -0.378 e. The first-order valence-corrected chi connectivity index (χ1v) is 8.17. The van der Waals surface area contributed by atoms with Crippen LogP contribution in [0.5, 0.6) is 0 Å². The van der Waals surface area contributed by atoms with Crippen LogP contribution in [0.3, 0.4) is 0 Å². The van der Waals surface area contributed by atoms with Crippen LogP contribution in [-0.4, -0.2) is 26.9 Å². The van der Waals surface area contributed by atoms with Crippen LogP contribution in [0.2, 0.25) is 0 Å². The molecule has 1 N–H and O–H groups in total. The van der Waals surface area contributed by atoms with Crippen molar-refractivity contribution in [3.05, 3.63) is 34.3 Å². The van der Waals surface area contributed by atoms with E-state index in [-0.39, 0.29) is 18.5 Å². The lowest BCUT2D eigenvalue weighted by Crippen LogP contribution is -2.28. The molecule has 0 saturated carbocycles. The lowest BCUT2D eigenvalue weighted by Gasteiger charge is -2.09. The highest BCUT2D eigenvalue weighted by Gasteiger charge is 2.10. The summed E-state index contributed by atoms with van der Waals surface area (Å²) >= 11 is 3.34. The molecule has 0 saturated heterocycles. The molecule has 0 unspecified atom stereocenters. The van der Waals surface area contributed by atoms with Crippen LogP contribution < -0.4 is 4.72 Å². The third kappa shape index (κ3) is 6.49. The maximum atomic E-state index is 11.7. The van der Waals surface area contributed by atoms with E-state index < -0.39 is 10.0 Å². The number of hydrogen-bond donors (Lipinski definition) is 1. The topological polar surface area (TPSA) is 55.4 Å².